The van der Waals surface area contributed by atoms with Gasteiger partial charge in [-0.1, -0.05) is 59.3 Å². The molecule has 0 saturated carbocycles. The molecule has 3 N–H and O–H groups in total. The van der Waals surface area contributed by atoms with E-state index in [9.17, 15) is 14.4 Å². The molecule has 0 saturated heterocycles. The van der Waals surface area contributed by atoms with E-state index in [4.69, 9.17) is 15.2 Å². The fraction of sp³-hybridized carbons (Fsp3) is 0.731. The molecule has 0 radical (unpaired) electrons. The molecule has 0 bridgehead atoms. The Balaban J connectivity index is 2.07. The Kier molecular flexibility index (Phi) is 12.4. The lowest BCUT2D eigenvalue weighted by atomic mass is 9.83. The number of anilines is 1. The number of aromatic nitrogens is 4. The van der Waals surface area contributed by atoms with Crippen molar-refractivity contribution in [2.75, 3.05) is 18.9 Å². The maximum Gasteiger partial charge on any atom is 0.305 e. The summed E-state index contributed by atoms with van der Waals surface area (Å²) in [6.45, 7) is 7.01. The van der Waals surface area contributed by atoms with Crippen molar-refractivity contribution >= 4 is 29.1 Å². The molecule has 0 spiro atoms. The Labute approximate surface area is 213 Å². The van der Waals surface area contributed by atoms with E-state index in [0.717, 1.165) is 51.4 Å². The molecule has 2 aromatic rings. The van der Waals surface area contributed by atoms with Gasteiger partial charge in [0.1, 0.15) is 13.2 Å². The average molecular weight is 506 g/mol. The van der Waals surface area contributed by atoms with Crippen LogP contribution in [0, 0.1) is 5.41 Å². The third kappa shape index (κ3) is 9.28. The number of imidazole rings is 1. The van der Waals surface area contributed by atoms with E-state index in [1.165, 1.54) is 0 Å². The molecule has 0 aliphatic heterocycles. The number of nitrogens with two attached hydrogens (primary N) is 1. The number of H-pyrrole nitrogens is 1. The van der Waals surface area contributed by atoms with E-state index in [1.807, 2.05) is 6.92 Å². The van der Waals surface area contributed by atoms with Gasteiger partial charge in [-0.2, -0.15) is 4.98 Å². The number of carbonyl (C=O) groups excluding carboxylic acids is 2. The number of hydrogen-bond donors (Lipinski definition) is 2. The van der Waals surface area contributed by atoms with Crippen molar-refractivity contribution < 1.29 is 19.1 Å². The quantitative estimate of drug-likeness (QED) is 0.222. The summed E-state index contributed by atoms with van der Waals surface area (Å²) < 4.78 is 13.1. The molecule has 36 heavy (non-hydrogen) atoms. The first-order valence-corrected chi connectivity index (χ1v) is 13.4. The number of carbonyl (C=O) groups is 2. The van der Waals surface area contributed by atoms with Gasteiger partial charge in [0.2, 0.25) is 5.95 Å². The normalized spacial score (nSPS) is 11.6. The summed E-state index contributed by atoms with van der Waals surface area (Å²) >= 11 is 0. The summed E-state index contributed by atoms with van der Waals surface area (Å²) in [6, 6.07) is 0. The molecular weight excluding hydrogens is 462 g/mol. The highest BCUT2D eigenvalue weighted by molar-refractivity contribution is 5.71. The standard InChI is InChI=1S/C26H43N5O5/c1-4-7-9-11-13-20(32)35-17-26(6-3,18-36-21(33)14-12-10-8-5-2)15-16-31-19-28-22-23(31)29-25(27)30-24(22)34/h19H,4-18H2,1-3H3,(H3,27,29,30,34). The zero-order chi connectivity index (χ0) is 26.4. The summed E-state index contributed by atoms with van der Waals surface area (Å²) in [7, 11) is 0. The number of esters is 2. The number of aryl methyl sites for hydroxylation is 1. The Morgan fingerprint density at radius 1 is 0.972 bits per heavy atom. The van der Waals surface area contributed by atoms with Gasteiger partial charge in [-0.15, -0.1) is 0 Å². The smallest absolute Gasteiger partial charge is 0.305 e. The largest absolute Gasteiger partial charge is 0.465 e. The summed E-state index contributed by atoms with van der Waals surface area (Å²) in [5.74, 6) is -0.447. The van der Waals surface area contributed by atoms with Crippen LogP contribution in [0.3, 0.4) is 0 Å². The molecular formula is C26H43N5O5. The van der Waals surface area contributed by atoms with Crippen LogP contribution in [-0.4, -0.2) is 44.7 Å². The van der Waals surface area contributed by atoms with Crippen molar-refractivity contribution in [1.82, 2.24) is 19.5 Å². The van der Waals surface area contributed by atoms with Crippen molar-refractivity contribution in [2.24, 2.45) is 5.41 Å². The van der Waals surface area contributed by atoms with Crippen molar-refractivity contribution in [2.45, 2.75) is 104 Å². The van der Waals surface area contributed by atoms with Gasteiger partial charge in [-0.3, -0.25) is 19.4 Å². The summed E-state index contributed by atoms with van der Waals surface area (Å²) in [5, 5.41) is 0. The number of hydrogen-bond acceptors (Lipinski definition) is 8. The predicted octanol–water partition coefficient (Wildman–Crippen LogP) is 4.52. The van der Waals surface area contributed by atoms with E-state index in [0.29, 0.717) is 37.9 Å². The number of nitrogen functional groups attached to an aromatic ring is 1. The monoisotopic (exact) mass is 505 g/mol. The van der Waals surface area contributed by atoms with Crippen molar-refractivity contribution in [1.29, 1.82) is 0 Å². The van der Waals surface area contributed by atoms with Crippen molar-refractivity contribution in [3.05, 3.63) is 16.7 Å². The Morgan fingerprint density at radius 3 is 2.08 bits per heavy atom. The lowest BCUT2D eigenvalue weighted by Gasteiger charge is -2.32. The average Bonchev–Trinajstić information content (AvgIpc) is 3.27. The van der Waals surface area contributed by atoms with Crippen LogP contribution in [0.25, 0.3) is 11.2 Å². The van der Waals surface area contributed by atoms with Gasteiger partial charge in [0.05, 0.1) is 6.33 Å². The van der Waals surface area contributed by atoms with Crippen molar-refractivity contribution in [3.63, 3.8) is 0 Å². The zero-order valence-corrected chi connectivity index (χ0v) is 22.1. The number of fused-ring (bicyclic) bond motifs is 1. The second-order valence-electron chi connectivity index (χ2n) is 9.61. The lowest BCUT2D eigenvalue weighted by Crippen LogP contribution is -2.35. The highest BCUT2D eigenvalue weighted by Gasteiger charge is 2.32. The minimum absolute atomic E-state index is 0.0185. The Morgan fingerprint density at radius 2 is 1.56 bits per heavy atom. The molecule has 0 atom stereocenters. The highest BCUT2D eigenvalue weighted by atomic mass is 16.5. The number of aromatic amines is 1. The van der Waals surface area contributed by atoms with Crippen LogP contribution >= 0.6 is 0 Å². The first kappa shape index (κ1) is 29.3. The fourth-order valence-electron chi connectivity index (χ4n) is 4.06. The van der Waals surface area contributed by atoms with E-state index in [2.05, 4.69) is 28.8 Å². The molecule has 0 amide bonds. The minimum Gasteiger partial charge on any atom is -0.465 e. The van der Waals surface area contributed by atoms with Gasteiger partial charge >= 0.3 is 11.9 Å². The second kappa shape index (κ2) is 15.3. The van der Waals surface area contributed by atoms with Gasteiger partial charge in [0, 0.05) is 24.8 Å². The molecule has 0 aliphatic rings. The number of nitrogens with zero attached hydrogens (tertiary/aromatic N) is 3. The molecule has 0 unspecified atom stereocenters. The highest BCUT2D eigenvalue weighted by Crippen LogP contribution is 2.30. The molecule has 0 aliphatic carbocycles. The zero-order valence-electron chi connectivity index (χ0n) is 22.1. The van der Waals surface area contributed by atoms with Gasteiger partial charge in [0.15, 0.2) is 11.2 Å². The summed E-state index contributed by atoms with van der Waals surface area (Å²) in [5.41, 5.74) is 5.36. The molecule has 0 aromatic carbocycles. The number of unbranched alkanes of at least 4 members (excludes halogenated alkanes) is 6. The summed E-state index contributed by atoms with van der Waals surface area (Å²) in [6.07, 6.45) is 11.5. The van der Waals surface area contributed by atoms with E-state index in [-0.39, 0.29) is 36.6 Å². The van der Waals surface area contributed by atoms with Gasteiger partial charge in [-0.05, 0) is 25.7 Å². The van der Waals surface area contributed by atoms with E-state index in [1.54, 1.807) is 10.9 Å². The van der Waals surface area contributed by atoms with E-state index < -0.39 is 11.0 Å². The van der Waals surface area contributed by atoms with Gasteiger partial charge in [0.25, 0.3) is 5.56 Å². The number of ether oxygens (including phenoxy) is 2. The topological polar surface area (TPSA) is 142 Å². The van der Waals surface area contributed by atoms with Crippen LogP contribution in [0.2, 0.25) is 0 Å². The third-order valence-corrected chi connectivity index (χ3v) is 6.67. The maximum absolute atomic E-state index is 12.4. The maximum atomic E-state index is 12.4. The molecule has 202 valence electrons. The van der Waals surface area contributed by atoms with Crippen LogP contribution in [0.4, 0.5) is 5.95 Å². The number of rotatable bonds is 18. The molecule has 0 fully saturated rings. The molecule has 2 aromatic heterocycles. The van der Waals surface area contributed by atoms with Crippen LogP contribution in [0.1, 0.15) is 97.8 Å². The van der Waals surface area contributed by atoms with Crippen LogP contribution in [0.5, 0.6) is 0 Å². The predicted molar refractivity (Wildman–Crippen MR) is 139 cm³/mol. The second-order valence-corrected chi connectivity index (χ2v) is 9.61. The first-order chi connectivity index (χ1) is 17.3. The molecule has 10 heteroatoms. The molecule has 2 heterocycles. The molecule has 2 rings (SSSR count). The van der Waals surface area contributed by atoms with Crippen LogP contribution in [0.15, 0.2) is 11.1 Å². The van der Waals surface area contributed by atoms with Gasteiger partial charge < -0.3 is 19.8 Å². The Hall–Kier alpha value is -2.91. The van der Waals surface area contributed by atoms with Crippen LogP contribution < -0.4 is 11.3 Å². The van der Waals surface area contributed by atoms with Crippen molar-refractivity contribution in [3.8, 4) is 0 Å². The third-order valence-electron chi connectivity index (χ3n) is 6.67. The van der Waals surface area contributed by atoms with Gasteiger partial charge in [-0.25, -0.2) is 4.98 Å². The Bertz CT molecular complexity index is 988. The minimum atomic E-state index is -0.568. The van der Waals surface area contributed by atoms with Crippen LogP contribution in [-0.2, 0) is 25.6 Å². The fourth-order valence-corrected chi connectivity index (χ4v) is 4.06. The summed E-state index contributed by atoms with van der Waals surface area (Å²) in [4.78, 5) is 47.7. The lowest BCUT2D eigenvalue weighted by molar-refractivity contribution is -0.155. The molecule has 10 nitrogen and oxygen atoms in total. The first-order valence-electron chi connectivity index (χ1n) is 13.4. The van der Waals surface area contributed by atoms with E-state index >= 15 is 0 Å². The number of nitrogens with one attached hydrogen (secondary N) is 1. The SMILES string of the molecule is CCCCCCC(=O)OCC(CC)(CCn1cnc2c(=O)[nH]c(N)nc21)COC(=O)CCCCCC.